The minimum absolute atomic E-state index is 0.00481. The Hall–Kier alpha value is -4.61. The Balaban J connectivity index is 0.000000823. The lowest BCUT2D eigenvalue weighted by molar-refractivity contribution is -0.139. The fourth-order valence-electron chi connectivity index (χ4n) is 4.08. The number of guanidine groups is 1. The maximum Gasteiger partial charge on any atom is 0.328 e. The molecule has 0 radical (unpaired) electrons. The van der Waals surface area contributed by atoms with Gasteiger partial charge in [0.2, 0.25) is 5.91 Å². The first-order chi connectivity index (χ1) is 22.5. The number of aliphatic carboxylic acids is 2. The molecule has 4 atom stereocenters. The third-order valence-electron chi connectivity index (χ3n) is 6.85. The summed E-state index contributed by atoms with van der Waals surface area (Å²) in [5.41, 5.74) is 46.1. The van der Waals surface area contributed by atoms with E-state index in [9.17, 15) is 19.2 Å². The van der Waals surface area contributed by atoms with Gasteiger partial charge in [-0.15, -0.1) is 0 Å². The largest absolute Gasteiger partial charge is 0.480 e. The average Bonchev–Trinajstić information content (AvgIpc) is 3.01. The number of aliphatic imine (C=N–C) groups is 1. The number of primary amides is 1. The van der Waals surface area contributed by atoms with E-state index >= 15 is 0 Å². The van der Waals surface area contributed by atoms with E-state index in [-0.39, 0.29) is 12.4 Å². The zero-order valence-corrected chi connectivity index (χ0v) is 27.7. The number of carbonyl (C=O) groups is 4. The van der Waals surface area contributed by atoms with Gasteiger partial charge in [0.15, 0.2) is 5.96 Å². The lowest BCUT2D eigenvalue weighted by atomic mass is 9.96. The molecule has 0 fully saturated rings. The molecule has 16 heteroatoms. The first kappa shape index (κ1) is 43.4. The molecule has 2 aromatic carbocycles. The van der Waals surface area contributed by atoms with Gasteiger partial charge in [0, 0.05) is 6.54 Å². The van der Waals surface area contributed by atoms with Crippen LogP contribution in [-0.2, 0) is 32.0 Å². The van der Waals surface area contributed by atoms with Crippen LogP contribution in [0.25, 0.3) is 0 Å². The van der Waals surface area contributed by atoms with Crippen molar-refractivity contribution in [2.24, 2.45) is 50.9 Å². The van der Waals surface area contributed by atoms with Crippen LogP contribution in [0, 0.1) is 13.8 Å². The number of benzene rings is 2. The highest BCUT2D eigenvalue weighted by Gasteiger charge is 2.19. The van der Waals surface area contributed by atoms with Crippen molar-refractivity contribution in [3.05, 3.63) is 64.7 Å². The van der Waals surface area contributed by atoms with Crippen LogP contribution in [0.2, 0.25) is 0 Å². The number of rotatable bonds is 17. The minimum Gasteiger partial charge on any atom is -0.480 e. The van der Waals surface area contributed by atoms with Gasteiger partial charge in [-0.25, -0.2) is 4.79 Å². The molecule has 0 bridgehead atoms. The Morgan fingerprint density at radius 3 is 1.75 bits per heavy atom. The second-order valence-electron chi connectivity index (χ2n) is 11.1. The van der Waals surface area contributed by atoms with E-state index in [1.54, 1.807) is 12.1 Å². The summed E-state index contributed by atoms with van der Waals surface area (Å²) >= 11 is 0. The molecule has 0 saturated heterocycles. The smallest absolute Gasteiger partial charge is 0.328 e. The molecule has 0 aromatic heterocycles. The first-order valence-electron chi connectivity index (χ1n) is 15.4. The number of aryl methyl sites for hydroxylation is 2. The predicted molar refractivity (Wildman–Crippen MR) is 185 cm³/mol. The number of amides is 1. The van der Waals surface area contributed by atoms with Crippen molar-refractivity contribution >= 4 is 29.8 Å². The Labute approximate surface area is 281 Å². The Morgan fingerprint density at radius 1 is 0.750 bits per heavy atom. The van der Waals surface area contributed by atoms with Crippen LogP contribution < -0.4 is 50.6 Å². The van der Waals surface area contributed by atoms with Gasteiger partial charge in [-0.3, -0.25) is 19.4 Å². The van der Waals surface area contributed by atoms with Crippen LogP contribution in [0.1, 0.15) is 54.4 Å². The molecule has 0 aliphatic heterocycles. The van der Waals surface area contributed by atoms with Gasteiger partial charge in [0.05, 0.1) is 6.04 Å². The molecule has 0 aliphatic rings. The number of nitrogens with zero attached hydrogens (tertiary/aromatic N) is 1. The van der Waals surface area contributed by atoms with Crippen molar-refractivity contribution < 1.29 is 34.1 Å². The molecule has 268 valence electrons. The molecule has 0 saturated carbocycles. The lowest BCUT2D eigenvalue weighted by Crippen LogP contribution is -2.36. The van der Waals surface area contributed by atoms with Crippen LogP contribution >= 0.6 is 0 Å². The number of carboxylic acid groups (broad SMARTS) is 2. The van der Waals surface area contributed by atoms with Gasteiger partial charge in [-0.1, -0.05) is 36.8 Å². The highest BCUT2D eigenvalue weighted by Crippen LogP contribution is 2.23. The van der Waals surface area contributed by atoms with Crippen LogP contribution in [0.3, 0.4) is 0 Å². The monoisotopic (exact) mass is 675 g/mol. The predicted octanol–water partition coefficient (Wildman–Crippen LogP) is -0.887. The Morgan fingerprint density at radius 2 is 1.27 bits per heavy atom. The van der Waals surface area contributed by atoms with E-state index in [4.69, 9.17) is 60.8 Å². The van der Waals surface area contributed by atoms with Crippen molar-refractivity contribution in [1.29, 1.82) is 0 Å². The Kier molecular flexibility index (Phi) is 21.4. The molecule has 2 aromatic rings. The number of hydrogen-bond acceptors (Lipinski definition) is 11. The average molecular weight is 676 g/mol. The standard InChI is InChI=1S/C17H27N5O4.C9H11NO2.C6H15N3O/c1-9-6-11(7-10(2)12(9)8-14(19)15(23)24)26-16(25)13(18)4-3-5-22-17(20)21;10-8(9(11)12)6-7-4-2-1-3-5-7;7-4-2-1-3-5(8)6(9)10/h6-7,13-14H,3-5,8,18-19H2,1-2H3,(H,23,24)(H4,20,21,22);1-5,8H,6,10H2,(H,11,12);5H,1-4,7-8H2,(H2,9,10)/t13-,14+;8-;5-/m100/s1. The van der Waals surface area contributed by atoms with Gasteiger partial charge < -0.3 is 60.8 Å². The van der Waals surface area contributed by atoms with Crippen LogP contribution in [-0.4, -0.2) is 77.2 Å². The third-order valence-corrected chi connectivity index (χ3v) is 6.85. The topological polar surface area (TPSA) is 338 Å². The van der Waals surface area contributed by atoms with E-state index in [2.05, 4.69) is 4.99 Å². The number of unbranched alkanes of at least 4 members (excludes halogenated alkanes) is 1. The van der Waals surface area contributed by atoms with Gasteiger partial charge in [-0.2, -0.15) is 0 Å². The number of carboxylic acids is 2. The van der Waals surface area contributed by atoms with Gasteiger partial charge >= 0.3 is 17.9 Å². The summed E-state index contributed by atoms with van der Waals surface area (Å²) < 4.78 is 5.33. The maximum absolute atomic E-state index is 12.1. The summed E-state index contributed by atoms with van der Waals surface area (Å²) in [7, 11) is 0. The van der Waals surface area contributed by atoms with Gasteiger partial charge in [0.1, 0.15) is 23.9 Å². The normalized spacial score (nSPS) is 12.8. The third kappa shape index (κ3) is 19.1. The van der Waals surface area contributed by atoms with Crippen LogP contribution in [0.4, 0.5) is 0 Å². The molecule has 0 heterocycles. The highest BCUT2D eigenvalue weighted by atomic mass is 16.5. The molecule has 16 nitrogen and oxygen atoms in total. The summed E-state index contributed by atoms with van der Waals surface area (Å²) in [5.74, 6) is -2.66. The summed E-state index contributed by atoms with van der Waals surface area (Å²) in [4.78, 5) is 47.6. The van der Waals surface area contributed by atoms with E-state index in [1.807, 2.05) is 44.2 Å². The van der Waals surface area contributed by atoms with Gasteiger partial charge in [-0.05, 0) is 93.3 Å². The van der Waals surface area contributed by atoms with Crippen molar-refractivity contribution in [1.82, 2.24) is 0 Å². The van der Waals surface area contributed by atoms with Crippen molar-refractivity contribution in [2.45, 2.75) is 83.0 Å². The fourth-order valence-corrected chi connectivity index (χ4v) is 4.08. The van der Waals surface area contributed by atoms with Crippen molar-refractivity contribution in [3.63, 3.8) is 0 Å². The molecule has 1 amide bonds. The summed E-state index contributed by atoms with van der Waals surface area (Å²) in [6.07, 6.45) is 3.95. The molecule has 2 rings (SSSR count). The molecule has 0 aliphatic carbocycles. The number of esters is 1. The van der Waals surface area contributed by atoms with E-state index < -0.39 is 48.0 Å². The van der Waals surface area contributed by atoms with Crippen molar-refractivity contribution in [2.75, 3.05) is 13.1 Å². The summed E-state index contributed by atoms with van der Waals surface area (Å²) in [6.45, 7) is 4.65. The quantitative estimate of drug-likeness (QED) is 0.0320. The number of nitrogens with two attached hydrogens (primary N) is 8. The zero-order chi connectivity index (χ0) is 36.8. The van der Waals surface area contributed by atoms with Crippen LogP contribution in [0.15, 0.2) is 47.5 Å². The minimum atomic E-state index is -1.06. The lowest BCUT2D eigenvalue weighted by Gasteiger charge is -2.16. The number of ether oxygens (including phenoxy) is 1. The molecular weight excluding hydrogens is 622 g/mol. The highest BCUT2D eigenvalue weighted by molar-refractivity contribution is 5.79. The summed E-state index contributed by atoms with van der Waals surface area (Å²) in [6, 6.07) is 9.61. The molecule has 0 unspecified atom stereocenters. The van der Waals surface area contributed by atoms with Crippen LogP contribution in [0.5, 0.6) is 5.75 Å². The molecule has 48 heavy (non-hydrogen) atoms. The number of carbonyl (C=O) groups excluding carboxylic acids is 2. The zero-order valence-electron chi connectivity index (χ0n) is 27.7. The van der Waals surface area contributed by atoms with E-state index in [0.29, 0.717) is 44.5 Å². The van der Waals surface area contributed by atoms with Crippen molar-refractivity contribution in [3.8, 4) is 5.75 Å². The molecular formula is C32H53N9O7. The second kappa shape index (κ2) is 23.7. The molecule has 0 spiro atoms. The number of hydrogen-bond donors (Lipinski definition) is 10. The maximum atomic E-state index is 12.1. The van der Waals surface area contributed by atoms with E-state index in [1.165, 1.54) is 0 Å². The van der Waals surface area contributed by atoms with Gasteiger partial charge in [0.25, 0.3) is 0 Å². The Bertz CT molecular complexity index is 1300. The second-order valence-corrected chi connectivity index (χ2v) is 11.1. The molecule has 18 N–H and O–H groups in total. The first-order valence-corrected chi connectivity index (χ1v) is 15.4. The SMILES string of the molecule is Cc1cc(OC(=O)[C@H](N)CCCN=C(N)N)cc(C)c1C[C@H](N)C(=O)O.NCCCC[C@H](N)C(N)=O.N[C@@H](Cc1ccccc1)C(=O)O. The fraction of sp³-hybridized carbons (Fsp3) is 0.469. The summed E-state index contributed by atoms with van der Waals surface area (Å²) in [5, 5.41) is 17.5. The van der Waals surface area contributed by atoms with E-state index in [0.717, 1.165) is 35.1 Å².